The minimum atomic E-state index is -0.350. The van der Waals surface area contributed by atoms with Crippen LogP contribution in [0.25, 0.3) is 0 Å². The zero-order chi connectivity index (χ0) is 12.0. The normalized spacial score (nSPS) is 13.3. The first-order valence-electron chi connectivity index (χ1n) is 5.96. The van der Waals surface area contributed by atoms with E-state index in [0.29, 0.717) is 12.3 Å². The first kappa shape index (κ1) is 14.3. The molecule has 15 heavy (non-hydrogen) atoms. The number of carbonyl (C=O) groups excluding carboxylic acids is 2. The molecule has 0 spiro atoms. The van der Waals surface area contributed by atoms with Crippen molar-refractivity contribution in [2.24, 2.45) is 17.8 Å². The van der Waals surface area contributed by atoms with Crippen LogP contribution < -0.4 is 0 Å². The molecule has 0 aliphatic carbocycles. The zero-order valence-electron chi connectivity index (χ0n) is 10.7. The van der Waals surface area contributed by atoms with Crippen molar-refractivity contribution in [3.05, 3.63) is 0 Å². The summed E-state index contributed by atoms with van der Waals surface area (Å²) in [6.45, 7) is 9.81. The molecule has 1 atom stereocenters. The van der Waals surface area contributed by atoms with Crippen LogP contribution >= 0.6 is 0 Å². The number of rotatable bonds is 7. The van der Waals surface area contributed by atoms with Gasteiger partial charge in [-0.2, -0.15) is 0 Å². The first-order chi connectivity index (χ1) is 6.90. The van der Waals surface area contributed by atoms with Crippen molar-refractivity contribution in [1.82, 2.24) is 0 Å². The minimum absolute atomic E-state index is 0.0299. The highest BCUT2D eigenvalue weighted by Crippen LogP contribution is 2.19. The van der Waals surface area contributed by atoms with Crippen LogP contribution in [0.4, 0.5) is 0 Å². The molecule has 0 radical (unpaired) electrons. The van der Waals surface area contributed by atoms with Gasteiger partial charge in [0.15, 0.2) is 0 Å². The van der Waals surface area contributed by atoms with Gasteiger partial charge in [0.1, 0.15) is 11.6 Å². The van der Waals surface area contributed by atoms with Crippen molar-refractivity contribution in [3.8, 4) is 0 Å². The molecule has 0 heterocycles. The van der Waals surface area contributed by atoms with Crippen molar-refractivity contribution >= 4 is 11.6 Å². The van der Waals surface area contributed by atoms with Gasteiger partial charge in [0.2, 0.25) is 0 Å². The third-order valence-corrected chi connectivity index (χ3v) is 2.68. The lowest BCUT2D eigenvalue weighted by Crippen LogP contribution is -2.27. The molecule has 0 aromatic carbocycles. The molecule has 0 fully saturated rings. The average molecular weight is 212 g/mol. The van der Waals surface area contributed by atoms with Crippen LogP contribution in [0.3, 0.4) is 0 Å². The largest absolute Gasteiger partial charge is 0.299 e. The summed E-state index contributed by atoms with van der Waals surface area (Å²) in [5, 5.41) is 0. The van der Waals surface area contributed by atoms with Crippen LogP contribution in [0.1, 0.15) is 53.9 Å². The number of hydrogen-bond acceptors (Lipinski definition) is 2. The van der Waals surface area contributed by atoms with E-state index in [2.05, 4.69) is 13.8 Å². The van der Waals surface area contributed by atoms with E-state index in [4.69, 9.17) is 0 Å². The molecule has 0 aliphatic rings. The fourth-order valence-corrected chi connectivity index (χ4v) is 1.61. The van der Waals surface area contributed by atoms with Gasteiger partial charge >= 0.3 is 0 Å². The second-order valence-electron chi connectivity index (χ2n) is 4.90. The highest BCUT2D eigenvalue weighted by molar-refractivity contribution is 6.02. The average Bonchev–Trinajstić information content (AvgIpc) is 2.16. The molecule has 0 bridgehead atoms. The Balaban J connectivity index is 4.44. The van der Waals surface area contributed by atoms with E-state index in [0.717, 1.165) is 12.8 Å². The summed E-state index contributed by atoms with van der Waals surface area (Å²) in [6, 6.07) is 0. The quantitative estimate of drug-likeness (QED) is 0.607. The highest BCUT2D eigenvalue weighted by atomic mass is 16.2. The molecule has 0 amide bonds. The van der Waals surface area contributed by atoms with Crippen molar-refractivity contribution in [1.29, 1.82) is 0 Å². The highest BCUT2D eigenvalue weighted by Gasteiger charge is 2.26. The van der Waals surface area contributed by atoms with Crippen molar-refractivity contribution in [2.75, 3.05) is 0 Å². The summed E-state index contributed by atoms with van der Waals surface area (Å²) in [5.41, 5.74) is 0. The van der Waals surface area contributed by atoms with Gasteiger partial charge in [-0.1, -0.05) is 34.6 Å². The zero-order valence-corrected chi connectivity index (χ0v) is 10.7. The number of carbonyl (C=O) groups is 2. The third-order valence-electron chi connectivity index (χ3n) is 2.68. The lowest BCUT2D eigenvalue weighted by molar-refractivity contribution is -0.134. The lowest BCUT2D eigenvalue weighted by atomic mass is 9.85. The molecule has 0 saturated heterocycles. The molecule has 88 valence electrons. The molecule has 0 aromatic heterocycles. The summed E-state index contributed by atoms with van der Waals surface area (Å²) in [5.74, 6) is 0.393. The van der Waals surface area contributed by atoms with Crippen molar-refractivity contribution < 1.29 is 9.59 Å². The van der Waals surface area contributed by atoms with Crippen LogP contribution in [-0.4, -0.2) is 11.6 Å². The molecule has 1 unspecified atom stereocenters. The Bertz CT molecular complexity index is 217. The predicted octanol–water partition coefficient (Wildman–Crippen LogP) is 3.24. The van der Waals surface area contributed by atoms with E-state index in [1.165, 1.54) is 0 Å². The monoisotopic (exact) mass is 212 g/mol. The second kappa shape index (κ2) is 6.76. The van der Waals surface area contributed by atoms with Gasteiger partial charge in [0, 0.05) is 12.3 Å². The summed E-state index contributed by atoms with van der Waals surface area (Å²) in [6.07, 6.45) is 2.15. The number of Topliss-reactive ketones (excluding diaryl/α,β-unsaturated/α-hetero) is 2. The first-order valence-corrected chi connectivity index (χ1v) is 5.96. The van der Waals surface area contributed by atoms with Gasteiger partial charge < -0.3 is 0 Å². The second-order valence-corrected chi connectivity index (χ2v) is 4.90. The van der Waals surface area contributed by atoms with Gasteiger partial charge in [-0.05, 0) is 18.8 Å². The van der Waals surface area contributed by atoms with Crippen molar-refractivity contribution in [3.63, 3.8) is 0 Å². The molecule has 0 rings (SSSR count). The lowest BCUT2D eigenvalue weighted by Gasteiger charge is -2.17. The van der Waals surface area contributed by atoms with Crippen LogP contribution in [0.15, 0.2) is 0 Å². The van der Waals surface area contributed by atoms with E-state index >= 15 is 0 Å². The maximum atomic E-state index is 11.8. The summed E-state index contributed by atoms with van der Waals surface area (Å²) >= 11 is 0. The molecular weight excluding hydrogens is 188 g/mol. The van der Waals surface area contributed by atoms with Crippen molar-refractivity contribution in [2.45, 2.75) is 53.9 Å². The Morgan fingerprint density at radius 1 is 1.00 bits per heavy atom. The molecular formula is C13H24O2. The summed E-state index contributed by atoms with van der Waals surface area (Å²) < 4.78 is 0. The smallest absolute Gasteiger partial charge is 0.145 e. The topological polar surface area (TPSA) is 34.1 Å². The Hall–Kier alpha value is -0.660. The van der Waals surface area contributed by atoms with E-state index in [1.54, 1.807) is 0 Å². The predicted molar refractivity (Wildman–Crippen MR) is 62.7 cm³/mol. The summed E-state index contributed by atoms with van der Waals surface area (Å²) in [7, 11) is 0. The van der Waals surface area contributed by atoms with E-state index in [-0.39, 0.29) is 23.4 Å². The summed E-state index contributed by atoms with van der Waals surface area (Å²) in [4.78, 5) is 23.5. The van der Waals surface area contributed by atoms with Crippen LogP contribution in [0.2, 0.25) is 0 Å². The van der Waals surface area contributed by atoms with Crippen LogP contribution in [0, 0.1) is 17.8 Å². The Morgan fingerprint density at radius 3 is 1.87 bits per heavy atom. The fourth-order valence-electron chi connectivity index (χ4n) is 1.61. The van der Waals surface area contributed by atoms with E-state index < -0.39 is 0 Å². The molecule has 0 aliphatic heterocycles. The van der Waals surface area contributed by atoms with Gasteiger partial charge in [0.25, 0.3) is 0 Å². The molecule has 0 N–H and O–H groups in total. The van der Waals surface area contributed by atoms with Gasteiger partial charge in [-0.3, -0.25) is 9.59 Å². The molecule has 2 nitrogen and oxygen atoms in total. The van der Waals surface area contributed by atoms with Gasteiger partial charge in [0.05, 0.1) is 5.92 Å². The van der Waals surface area contributed by atoms with Gasteiger partial charge in [-0.15, -0.1) is 0 Å². The molecule has 2 heteroatoms. The molecule has 0 aromatic rings. The van der Waals surface area contributed by atoms with Gasteiger partial charge in [-0.25, -0.2) is 0 Å². The number of ketones is 2. The van der Waals surface area contributed by atoms with Crippen LogP contribution in [0.5, 0.6) is 0 Å². The Labute approximate surface area is 93.4 Å². The van der Waals surface area contributed by atoms with E-state index in [1.807, 2.05) is 20.8 Å². The minimum Gasteiger partial charge on any atom is -0.299 e. The Kier molecular flexibility index (Phi) is 6.46. The van der Waals surface area contributed by atoms with E-state index in [9.17, 15) is 9.59 Å². The SMILES string of the molecule is CCC(=O)C(CCC(C)C)C(=O)C(C)C. The number of hydrogen-bond donors (Lipinski definition) is 0. The standard InChI is InChI=1S/C13H24O2/c1-6-12(14)11(8-7-9(2)3)13(15)10(4)5/h9-11H,6-8H2,1-5H3. The maximum absolute atomic E-state index is 11.8. The third kappa shape index (κ3) is 5.10. The maximum Gasteiger partial charge on any atom is 0.145 e. The Morgan fingerprint density at radius 2 is 1.53 bits per heavy atom. The van der Waals surface area contributed by atoms with Crippen LogP contribution in [-0.2, 0) is 9.59 Å². The fraction of sp³-hybridized carbons (Fsp3) is 0.846. The molecule has 0 saturated carbocycles.